The number of ether oxygens (including phenoxy) is 1. The van der Waals surface area contributed by atoms with Crippen molar-refractivity contribution in [2.45, 2.75) is 45.1 Å². The number of hydrogen-bond donors (Lipinski definition) is 1. The highest BCUT2D eigenvalue weighted by Crippen LogP contribution is 2.33. The van der Waals surface area contributed by atoms with Crippen LogP contribution in [0.4, 0.5) is 0 Å². The molecule has 3 rings (SSSR count). The van der Waals surface area contributed by atoms with Crippen LogP contribution in [0.15, 0.2) is 30.5 Å². The van der Waals surface area contributed by atoms with Gasteiger partial charge in [0.1, 0.15) is 5.75 Å². The zero-order chi connectivity index (χ0) is 16.9. The number of nitrogens with one attached hydrogen (secondary N) is 1. The summed E-state index contributed by atoms with van der Waals surface area (Å²) in [6, 6.07) is 8.16. The van der Waals surface area contributed by atoms with Crippen LogP contribution in [0.2, 0.25) is 0 Å². The number of benzene rings is 1. The quantitative estimate of drug-likeness (QED) is 0.910. The van der Waals surface area contributed by atoms with E-state index in [0.29, 0.717) is 5.56 Å². The maximum Gasteiger partial charge on any atom is 0.257 e. The molecule has 0 radical (unpaired) electrons. The molecule has 1 atom stereocenters. The van der Waals surface area contributed by atoms with Gasteiger partial charge in [-0.3, -0.25) is 9.89 Å². The van der Waals surface area contributed by atoms with Gasteiger partial charge in [-0.15, -0.1) is 0 Å². The van der Waals surface area contributed by atoms with E-state index in [4.69, 9.17) is 4.74 Å². The second-order valence-electron chi connectivity index (χ2n) is 6.30. The van der Waals surface area contributed by atoms with Gasteiger partial charge in [-0.25, -0.2) is 0 Å². The molecule has 0 saturated carbocycles. The van der Waals surface area contributed by atoms with Crippen molar-refractivity contribution < 1.29 is 9.53 Å². The number of hydrogen-bond acceptors (Lipinski definition) is 3. The first-order valence-corrected chi connectivity index (χ1v) is 8.71. The van der Waals surface area contributed by atoms with Gasteiger partial charge in [-0.1, -0.05) is 25.5 Å². The summed E-state index contributed by atoms with van der Waals surface area (Å²) in [6.07, 6.45) is 6.68. The first-order valence-electron chi connectivity index (χ1n) is 8.71. The van der Waals surface area contributed by atoms with E-state index in [1.165, 1.54) is 0 Å². The molecule has 5 nitrogen and oxygen atoms in total. The third kappa shape index (κ3) is 3.30. The summed E-state index contributed by atoms with van der Waals surface area (Å²) in [6.45, 7) is 2.90. The summed E-state index contributed by atoms with van der Waals surface area (Å²) < 4.78 is 5.35. The van der Waals surface area contributed by atoms with Gasteiger partial charge in [0.15, 0.2) is 0 Å². The summed E-state index contributed by atoms with van der Waals surface area (Å²) >= 11 is 0. The summed E-state index contributed by atoms with van der Waals surface area (Å²) in [4.78, 5) is 15.1. The van der Waals surface area contributed by atoms with Gasteiger partial charge in [0.25, 0.3) is 5.91 Å². The SMILES string of the molecule is CCCc1[nH]ncc1C(=O)N1CCCC[C@H]1c1cccc(OC)c1. The Morgan fingerprint density at radius 2 is 2.29 bits per heavy atom. The fourth-order valence-electron chi connectivity index (χ4n) is 3.46. The first kappa shape index (κ1) is 16.6. The normalized spacial score (nSPS) is 17.8. The Kier molecular flexibility index (Phi) is 5.18. The van der Waals surface area contributed by atoms with Crippen molar-refractivity contribution in [3.63, 3.8) is 0 Å². The summed E-state index contributed by atoms with van der Waals surface area (Å²) in [7, 11) is 1.67. The number of nitrogens with zero attached hydrogens (tertiary/aromatic N) is 2. The minimum atomic E-state index is 0.0831. The van der Waals surface area contributed by atoms with Crippen LogP contribution in [-0.4, -0.2) is 34.7 Å². The fourth-order valence-corrected chi connectivity index (χ4v) is 3.46. The number of aromatic nitrogens is 2. The second-order valence-corrected chi connectivity index (χ2v) is 6.30. The number of methoxy groups -OCH3 is 1. The van der Waals surface area contributed by atoms with E-state index in [0.717, 1.165) is 55.7 Å². The number of H-pyrrole nitrogens is 1. The van der Waals surface area contributed by atoms with Crippen molar-refractivity contribution in [1.29, 1.82) is 0 Å². The molecule has 0 spiro atoms. The van der Waals surface area contributed by atoms with E-state index in [-0.39, 0.29) is 11.9 Å². The molecule has 1 N–H and O–H groups in total. The van der Waals surface area contributed by atoms with Gasteiger partial charge in [0.05, 0.1) is 24.9 Å². The maximum absolute atomic E-state index is 13.1. The highest BCUT2D eigenvalue weighted by Gasteiger charge is 2.30. The minimum absolute atomic E-state index is 0.0831. The van der Waals surface area contributed by atoms with E-state index in [9.17, 15) is 4.79 Å². The van der Waals surface area contributed by atoms with Crippen molar-refractivity contribution in [2.75, 3.05) is 13.7 Å². The summed E-state index contributed by atoms with van der Waals surface area (Å²) in [5.41, 5.74) is 2.80. The lowest BCUT2D eigenvalue weighted by Gasteiger charge is -2.36. The Morgan fingerprint density at radius 1 is 1.42 bits per heavy atom. The number of rotatable bonds is 5. The molecule has 1 aliphatic rings. The first-order chi connectivity index (χ1) is 11.7. The Balaban J connectivity index is 1.88. The van der Waals surface area contributed by atoms with Gasteiger partial charge in [-0.05, 0) is 43.4 Å². The molecule has 1 aromatic heterocycles. The maximum atomic E-state index is 13.1. The van der Waals surface area contributed by atoms with Crippen LogP contribution in [0.3, 0.4) is 0 Å². The number of likely N-dealkylation sites (tertiary alicyclic amines) is 1. The summed E-state index contributed by atoms with van der Waals surface area (Å²) in [5, 5.41) is 7.07. The standard InChI is InChI=1S/C19H25N3O2/c1-3-7-17-16(13-20-21-17)19(23)22-11-5-4-10-18(22)14-8-6-9-15(12-14)24-2/h6,8-9,12-13,18H,3-5,7,10-11H2,1-2H3,(H,20,21)/t18-/m0/s1. The molecule has 24 heavy (non-hydrogen) atoms. The Labute approximate surface area is 143 Å². The molecule has 1 saturated heterocycles. The molecule has 1 aromatic carbocycles. The minimum Gasteiger partial charge on any atom is -0.497 e. The largest absolute Gasteiger partial charge is 0.497 e. The van der Waals surface area contributed by atoms with Crippen molar-refractivity contribution in [3.05, 3.63) is 47.3 Å². The third-order valence-electron chi connectivity index (χ3n) is 4.69. The van der Waals surface area contributed by atoms with Gasteiger partial charge in [-0.2, -0.15) is 5.10 Å². The Hall–Kier alpha value is -2.30. The number of carbonyl (C=O) groups is 1. The number of amides is 1. The Morgan fingerprint density at radius 3 is 3.08 bits per heavy atom. The molecule has 2 heterocycles. The van der Waals surface area contributed by atoms with E-state index in [2.05, 4.69) is 23.2 Å². The van der Waals surface area contributed by atoms with E-state index < -0.39 is 0 Å². The number of aryl methyl sites for hydroxylation is 1. The molecule has 0 unspecified atom stereocenters. The lowest BCUT2D eigenvalue weighted by Crippen LogP contribution is -2.38. The molecular formula is C19H25N3O2. The van der Waals surface area contributed by atoms with Gasteiger partial charge in [0.2, 0.25) is 0 Å². The average molecular weight is 327 g/mol. The van der Waals surface area contributed by atoms with Crippen LogP contribution in [0.1, 0.15) is 60.3 Å². The van der Waals surface area contributed by atoms with Crippen molar-refractivity contribution in [1.82, 2.24) is 15.1 Å². The van der Waals surface area contributed by atoms with Crippen LogP contribution >= 0.6 is 0 Å². The van der Waals surface area contributed by atoms with Crippen LogP contribution in [-0.2, 0) is 6.42 Å². The van der Waals surface area contributed by atoms with Gasteiger partial charge < -0.3 is 9.64 Å². The zero-order valence-electron chi connectivity index (χ0n) is 14.4. The average Bonchev–Trinajstić information content (AvgIpc) is 3.10. The monoisotopic (exact) mass is 327 g/mol. The second kappa shape index (κ2) is 7.51. The molecule has 0 aliphatic carbocycles. The molecule has 1 aliphatic heterocycles. The van der Waals surface area contributed by atoms with Crippen LogP contribution in [0, 0.1) is 0 Å². The van der Waals surface area contributed by atoms with Crippen molar-refractivity contribution >= 4 is 5.91 Å². The zero-order valence-corrected chi connectivity index (χ0v) is 14.4. The molecule has 5 heteroatoms. The van der Waals surface area contributed by atoms with E-state index in [1.54, 1.807) is 13.3 Å². The fraction of sp³-hybridized carbons (Fsp3) is 0.474. The smallest absolute Gasteiger partial charge is 0.257 e. The van der Waals surface area contributed by atoms with E-state index in [1.807, 2.05) is 23.1 Å². The number of piperidine rings is 1. The topological polar surface area (TPSA) is 58.2 Å². The van der Waals surface area contributed by atoms with Gasteiger partial charge in [0, 0.05) is 12.2 Å². The highest BCUT2D eigenvalue weighted by molar-refractivity contribution is 5.95. The van der Waals surface area contributed by atoms with Gasteiger partial charge >= 0.3 is 0 Å². The third-order valence-corrected chi connectivity index (χ3v) is 4.69. The van der Waals surface area contributed by atoms with Crippen LogP contribution in [0.5, 0.6) is 5.75 Å². The molecule has 1 amide bonds. The Bertz CT molecular complexity index is 695. The predicted octanol–water partition coefficient (Wildman–Crippen LogP) is 3.74. The molecule has 1 fully saturated rings. The molecule has 2 aromatic rings. The van der Waals surface area contributed by atoms with Crippen molar-refractivity contribution in [2.24, 2.45) is 0 Å². The predicted molar refractivity (Wildman–Crippen MR) is 93.2 cm³/mol. The van der Waals surface area contributed by atoms with E-state index >= 15 is 0 Å². The highest BCUT2D eigenvalue weighted by atomic mass is 16.5. The lowest BCUT2D eigenvalue weighted by atomic mass is 9.94. The van der Waals surface area contributed by atoms with Crippen LogP contribution in [0.25, 0.3) is 0 Å². The molecule has 0 bridgehead atoms. The van der Waals surface area contributed by atoms with Crippen molar-refractivity contribution in [3.8, 4) is 5.75 Å². The number of aromatic amines is 1. The molecule has 128 valence electrons. The summed E-state index contributed by atoms with van der Waals surface area (Å²) in [5.74, 6) is 0.917. The lowest BCUT2D eigenvalue weighted by molar-refractivity contribution is 0.0610. The van der Waals surface area contributed by atoms with Crippen LogP contribution < -0.4 is 4.74 Å². The molecular weight excluding hydrogens is 302 g/mol. The number of carbonyl (C=O) groups excluding carboxylic acids is 1.